The van der Waals surface area contributed by atoms with Crippen molar-refractivity contribution in [1.82, 2.24) is 10.2 Å². The number of amides is 2. The number of anilines is 1. The van der Waals surface area contributed by atoms with Crippen LogP contribution in [0.3, 0.4) is 0 Å². The fourth-order valence-electron chi connectivity index (χ4n) is 5.06. The van der Waals surface area contributed by atoms with Crippen LogP contribution in [0.1, 0.15) is 52.8 Å². The fraction of sp³-hybridized carbons (Fsp3) is 0.462. The number of nitrogens with zero attached hydrogens (tertiary/aromatic N) is 1. The minimum Gasteiger partial charge on any atom is -0.493 e. The predicted molar refractivity (Wildman–Crippen MR) is 128 cm³/mol. The summed E-state index contributed by atoms with van der Waals surface area (Å²) in [4.78, 5) is 28.2. The van der Waals surface area contributed by atoms with Crippen LogP contribution in [-0.2, 0) is 0 Å². The third kappa shape index (κ3) is 5.47. The Bertz CT molecular complexity index is 991. The van der Waals surface area contributed by atoms with E-state index in [0.717, 1.165) is 0 Å². The molecule has 2 aromatic carbocycles. The third-order valence-corrected chi connectivity index (χ3v) is 6.78. The van der Waals surface area contributed by atoms with Gasteiger partial charge in [0.1, 0.15) is 0 Å². The van der Waals surface area contributed by atoms with E-state index >= 15 is 0 Å². The van der Waals surface area contributed by atoms with Gasteiger partial charge >= 0.3 is 0 Å². The summed E-state index contributed by atoms with van der Waals surface area (Å²) in [5.74, 6) is 1.16. The van der Waals surface area contributed by atoms with Crippen LogP contribution in [-0.4, -0.2) is 56.6 Å². The molecule has 2 aliphatic heterocycles. The predicted octanol–water partition coefficient (Wildman–Crippen LogP) is 3.95. The lowest BCUT2D eigenvalue weighted by atomic mass is 9.83. The number of carbonyl (C=O) groups excluding carboxylic acids is 2. The number of hydrogen-bond acceptors (Lipinski definition) is 5. The van der Waals surface area contributed by atoms with Crippen molar-refractivity contribution in [3.8, 4) is 11.5 Å². The second-order valence-corrected chi connectivity index (χ2v) is 8.82. The summed E-state index contributed by atoms with van der Waals surface area (Å²) in [6.45, 7) is 3.08. The van der Waals surface area contributed by atoms with Crippen LogP contribution in [0.4, 0.5) is 5.69 Å². The molecule has 0 bridgehead atoms. The molecule has 2 fully saturated rings. The van der Waals surface area contributed by atoms with Crippen LogP contribution in [0.5, 0.6) is 11.5 Å². The summed E-state index contributed by atoms with van der Waals surface area (Å²) in [5.41, 5.74) is 1.55. The summed E-state index contributed by atoms with van der Waals surface area (Å²) in [6.07, 6.45) is 6.18. The number of nitrogens with one attached hydrogen (secondary N) is 2. The maximum Gasteiger partial charge on any atom is 0.255 e. The molecule has 0 aromatic heterocycles. The molecule has 4 rings (SSSR count). The summed E-state index contributed by atoms with van der Waals surface area (Å²) in [5, 5.41) is 6.00. The fourth-order valence-corrected chi connectivity index (χ4v) is 5.06. The molecular weight excluding hydrogens is 418 g/mol. The largest absolute Gasteiger partial charge is 0.493 e. The van der Waals surface area contributed by atoms with Gasteiger partial charge in [-0.2, -0.15) is 0 Å². The molecule has 2 heterocycles. The minimum absolute atomic E-state index is 0.106. The van der Waals surface area contributed by atoms with Crippen molar-refractivity contribution in [3.63, 3.8) is 0 Å². The Morgan fingerprint density at radius 3 is 2.52 bits per heavy atom. The molecule has 7 nitrogen and oxygen atoms in total. The van der Waals surface area contributed by atoms with E-state index in [2.05, 4.69) is 15.5 Å². The van der Waals surface area contributed by atoms with Crippen molar-refractivity contribution in [2.24, 2.45) is 5.92 Å². The zero-order valence-electron chi connectivity index (χ0n) is 19.4. The van der Waals surface area contributed by atoms with Crippen molar-refractivity contribution in [2.45, 2.75) is 38.1 Å². The highest BCUT2D eigenvalue weighted by molar-refractivity contribution is 6.05. The molecule has 0 radical (unpaired) electrons. The average Bonchev–Trinajstić information content (AvgIpc) is 2.86. The summed E-state index contributed by atoms with van der Waals surface area (Å²) in [6, 6.07) is 12.6. The Labute approximate surface area is 195 Å². The van der Waals surface area contributed by atoms with Crippen molar-refractivity contribution >= 4 is 17.5 Å². The number of methoxy groups -OCH3 is 2. The van der Waals surface area contributed by atoms with E-state index in [1.807, 2.05) is 0 Å². The summed E-state index contributed by atoms with van der Waals surface area (Å²) in [7, 11) is 3.08. The zero-order chi connectivity index (χ0) is 23.2. The van der Waals surface area contributed by atoms with Crippen LogP contribution in [0.15, 0.2) is 42.5 Å². The van der Waals surface area contributed by atoms with Crippen LogP contribution < -0.4 is 20.1 Å². The van der Waals surface area contributed by atoms with Crippen LogP contribution in [0, 0.1) is 5.92 Å². The molecule has 0 unspecified atom stereocenters. The Kier molecular flexibility index (Phi) is 7.50. The second-order valence-electron chi connectivity index (χ2n) is 8.82. The normalized spacial score (nSPS) is 20.4. The standard InChI is InChI=1S/C26H33N3O4/c1-32-23-12-11-19(16-24(23)33-2)26(31)28-21-9-5-7-18(15-21)25(30)27-17-20-8-6-14-29-13-4-3-10-22(20)29/h5,7,9,11-12,15-16,20,22H,3-4,6,8,10,13-14,17H2,1-2H3,(H,27,30)(H,28,31)/t20-,22+/m0/s1. The van der Waals surface area contributed by atoms with Gasteiger partial charge in [0.05, 0.1) is 14.2 Å². The minimum atomic E-state index is -0.284. The van der Waals surface area contributed by atoms with Crippen LogP contribution in [0.2, 0.25) is 0 Å². The van der Waals surface area contributed by atoms with E-state index in [4.69, 9.17) is 9.47 Å². The molecule has 7 heteroatoms. The van der Waals surface area contributed by atoms with Gasteiger partial charge < -0.3 is 25.0 Å². The first-order valence-electron chi connectivity index (χ1n) is 11.7. The van der Waals surface area contributed by atoms with E-state index in [9.17, 15) is 9.59 Å². The molecule has 176 valence electrons. The van der Waals surface area contributed by atoms with E-state index in [1.165, 1.54) is 52.3 Å². The van der Waals surface area contributed by atoms with E-state index in [0.29, 0.717) is 46.8 Å². The Hall–Kier alpha value is -3.06. The molecule has 2 aromatic rings. The molecule has 2 N–H and O–H groups in total. The second kappa shape index (κ2) is 10.7. The zero-order valence-corrected chi connectivity index (χ0v) is 19.4. The first-order valence-corrected chi connectivity index (χ1v) is 11.7. The SMILES string of the molecule is COc1ccc(C(=O)Nc2cccc(C(=O)NC[C@@H]3CCCN4CCCC[C@H]34)c2)cc1OC. The number of ether oxygens (including phenoxy) is 2. The molecule has 2 amide bonds. The molecular formula is C26H33N3O4. The van der Waals surface area contributed by atoms with Crippen molar-refractivity contribution in [2.75, 3.05) is 39.2 Å². The van der Waals surface area contributed by atoms with Gasteiger partial charge in [-0.25, -0.2) is 0 Å². The number of piperidine rings is 2. The van der Waals surface area contributed by atoms with Gasteiger partial charge in [-0.1, -0.05) is 12.5 Å². The van der Waals surface area contributed by atoms with Gasteiger partial charge in [0.25, 0.3) is 11.8 Å². The van der Waals surface area contributed by atoms with E-state index < -0.39 is 0 Å². The molecule has 0 aliphatic carbocycles. The van der Waals surface area contributed by atoms with Gasteiger partial charge in [-0.15, -0.1) is 0 Å². The van der Waals surface area contributed by atoms with Crippen molar-refractivity contribution in [3.05, 3.63) is 53.6 Å². The molecule has 0 spiro atoms. The lowest BCUT2D eigenvalue weighted by molar-refractivity contribution is 0.0575. The number of benzene rings is 2. The van der Waals surface area contributed by atoms with Gasteiger partial charge in [-0.05, 0) is 81.1 Å². The van der Waals surface area contributed by atoms with E-state index in [1.54, 1.807) is 49.6 Å². The van der Waals surface area contributed by atoms with Gasteiger partial charge in [0.2, 0.25) is 0 Å². The highest BCUT2D eigenvalue weighted by atomic mass is 16.5. The number of rotatable bonds is 7. The smallest absolute Gasteiger partial charge is 0.255 e. The van der Waals surface area contributed by atoms with Crippen molar-refractivity contribution in [1.29, 1.82) is 0 Å². The quantitative estimate of drug-likeness (QED) is 0.666. The molecule has 2 atom stereocenters. The monoisotopic (exact) mass is 451 g/mol. The number of fused-ring (bicyclic) bond motifs is 1. The topological polar surface area (TPSA) is 79.9 Å². The highest BCUT2D eigenvalue weighted by Crippen LogP contribution is 2.31. The van der Waals surface area contributed by atoms with Gasteiger partial charge in [0, 0.05) is 29.4 Å². The summed E-state index contributed by atoms with van der Waals surface area (Å²) < 4.78 is 10.5. The molecule has 2 saturated heterocycles. The number of hydrogen-bond donors (Lipinski definition) is 2. The lowest BCUT2D eigenvalue weighted by Gasteiger charge is -2.44. The molecule has 33 heavy (non-hydrogen) atoms. The first kappa shape index (κ1) is 23.1. The molecule has 2 aliphatic rings. The van der Waals surface area contributed by atoms with Gasteiger partial charge in [-0.3, -0.25) is 9.59 Å². The van der Waals surface area contributed by atoms with Crippen molar-refractivity contribution < 1.29 is 19.1 Å². The maximum absolute atomic E-state index is 12.8. The highest BCUT2D eigenvalue weighted by Gasteiger charge is 2.33. The third-order valence-electron chi connectivity index (χ3n) is 6.78. The maximum atomic E-state index is 12.8. The molecule has 0 saturated carbocycles. The first-order chi connectivity index (χ1) is 16.1. The van der Waals surface area contributed by atoms with E-state index in [-0.39, 0.29) is 11.8 Å². The Morgan fingerprint density at radius 2 is 1.70 bits per heavy atom. The van der Waals surface area contributed by atoms with Gasteiger partial charge in [0.15, 0.2) is 11.5 Å². The summed E-state index contributed by atoms with van der Waals surface area (Å²) >= 11 is 0. The van der Waals surface area contributed by atoms with Crippen LogP contribution >= 0.6 is 0 Å². The Morgan fingerprint density at radius 1 is 0.909 bits per heavy atom. The number of carbonyl (C=O) groups is 2. The van der Waals surface area contributed by atoms with Crippen LogP contribution in [0.25, 0.3) is 0 Å². The average molecular weight is 452 g/mol. The Balaban J connectivity index is 1.37. The lowest BCUT2D eigenvalue weighted by Crippen LogP contribution is -2.51.